The van der Waals surface area contributed by atoms with Crippen molar-refractivity contribution in [1.82, 2.24) is 5.32 Å². The molecule has 0 bridgehead atoms. The van der Waals surface area contributed by atoms with Crippen LogP contribution in [0.4, 0.5) is 0 Å². The van der Waals surface area contributed by atoms with E-state index in [-0.39, 0.29) is 12.5 Å². The highest BCUT2D eigenvalue weighted by Gasteiger charge is 2.07. The van der Waals surface area contributed by atoms with Gasteiger partial charge in [-0.2, -0.15) is 0 Å². The minimum atomic E-state index is -0.0845. The number of para-hydroxylation sites is 1. The van der Waals surface area contributed by atoms with Crippen LogP contribution in [0.1, 0.15) is 12.5 Å². The van der Waals surface area contributed by atoms with E-state index in [9.17, 15) is 4.79 Å². The SMILES string of the molecule is CC(CNC(=O)COc1ccccc1)Cc1ccccc1. The third kappa shape index (κ3) is 5.69. The fourth-order valence-corrected chi connectivity index (χ4v) is 2.09. The Hall–Kier alpha value is -2.29. The molecule has 110 valence electrons. The Labute approximate surface area is 126 Å². The topological polar surface area (TPSA) is 38.3 Å². The average molecular weight is 283 g/mol. The van der Waals surface area contributed by atoms with Crippen LogP contribution >= 0.6 is 0 Å². The number of carbonyl (C=O) groups excluding carboxylic acids is 1. The first-order chi connectivity index (χ1) is 10.2. The Morgan fingerprint density at radius 3 is 2.33 bits per heavy atom. The molecule has 0 aromatic heterocycles. The number of benzene rings is 2. The molecule has 3 heteroatoms. The van der Waals surface area contributed by atoms with E-state index in [0.29, 0.717) is 18.2 Å². The molecule has 1 amide bonds. The highest BCUT2D eigenvalue weighted by atomic mass is 16.5. The third-order valence-corrected chi connectivity index (χ3v) is 3.19. The van der Waals surface area contributed by atoms with Crippen molar-refractivity contribution in [3.63, 3.8) is 0 Å². The summed E-state index contributed by atoms with van der Waals surface area (Å²) in [6, 6.07) is 19.7. The first-order valence-corrected chi connectivity index (χ1v) is 7.22. The van der Waals surface area contributed by atoms with Gasteiger partial charge in [0.1, 0.15) is 5.75 Å². The fraction of sp³-hybridized carbons (Fsp3) is 0.278. The number of hydrogen-bond donors (Lipinski definition) is 1. The summed E-state index contributed by atoms with van der Waals surface area (Å²) in [5.41, 5.74) is 1.29. The first kappa shape index (κ1) is 15.1. The molecule has 0 fully saturated rings. The lowest BCUT2D eigenvalue weighted by Crippen LogP contribution is -2.33. The predicted molar refractivity (Wildman–Crippen MR) is 84.3 cm³/mol. The van der Waals surface area contributed by atoms with Gasteiger partial charge in [0.05, 0.1) is 0 Å². The molecule has 21 heavy (non-hydrogen) atoms. The van der Waals surface area contributed by atoms with Crippen molar-refractivity contribution in [2.24, 2.45) is 5.92 Å². The van der Waals surface area contributed by atoms with Gasteiger partial charge in [0.15, 0.2) is 6.61 Å². The second kappa shape index (κ2) is 8.10. The van der Waals surface area contributed by atoms with E-state index in [1.165, 1.54) is 5.56 Å². The summed E-state index contributed by atoms with van der Waals surface area (Å²) in [6.45, 7) is 2.85. The number of hydrogen-bond acceptors (Lipinski definition) is 2. The van der Waals surface area contributed by atoms with Gasteiger partial charge < -0.3 is 10.1 Å². The second-order valence-electron chi connectivity index (χ2n) is 5.20. The van der Waals surface area contributed by atoms with Crippen LogP contribution in [-0.4, -0.2) is 19.1 Å². The maximum absolute atomic E-state index is 11.7. The van der Waals surface area contributed by atoms with Crippen LogP contribution in [0.2, 0.25) is 0 Å². The minimum Gasteiger partial charge on any atom is -0.484 e. The molecule has 2 aromatic carbocycles. The lowest BCUT2D eigenvalue weighted by atomic mass is 10.0. The molecule has 0 aliphatic heterocycles. The van der Waals surface area contributed by atoms with Crippen molar-refractivity contribution >= 4 is 5.91 Å². The normalized spacial score (nSPS) is 11.7. The Morgan fingerprint density at radius 1 is 1.05 bits per heavy atom. The Balaban J connectivity index is 1.66. The molecule has 1 unspecified atom stereocenters. The van der Waals surface area contributed by atoms with Crippen LogP contribution < -0.4 is 10.1 Å². The molecule has 0 saturated heterocycles. The number of ether oxygens (including phenoxy) is 1. The van der Waals surface area contributed by atoms with Gasteiger partial charge >= 0.3 is 0 Å². The van der Waals surface area contributed by atoms with Crippen molar-refractivity contribution in [2.75, 3.05) is 13.2 Å². The summed E-state index contributed by atoms with van der Waals surface area (Å²) >= 11 is 0. The molecule has 2 aromatic rings. The van der Waals surface area contributed by atoms with Crippen LogP contribution in [0.15, 0.2) is 60.7 Å². The maximum atomic E-state index is 11.7. The Bertz CT molecular complexity index is 540. The third-order valence-electron chi connectivity index (χ3n) is 3.19. The molecule has 1 N–H and O–H groups in total. The highest BCUT2D eigenvalue weighted by Crippen LogP contribution is 2.08. The van der Waals surface area contributed by atoms with Crippen LogP contribution in [0.5, 0.6) is 5.75 Å². The van der Waals surface area contributed by atoms with Gasteiger partial charge in [-0.25, -0.2) is 0 Å². The molecule has 2 rings (SSSR count). The zero-order valence-corrected chi connectivity index (χ0v) is 12.3. The van der Waals surface area contributed by atoms with Gasteiger partial charge in [-0.3, -0.25) is 4.79 Å². The lowest BCUT2D eigenvalue weighted by Gasteiger charge is -2.13. The number of amides is 1. The van der Waals surface area contributed by atoms with Crippen molar-refractivity contribution in [3.05, 3.63) is 66.2 Å². The van der Waals surface area contributed by atoms with Crippen molar-refractivity contribution < 1.29 is 9.53 Å². The van der Waals surface area contributed by atoms with E-state index >= 15 is 0 Å². The Kier molecular flexibility index (Phi) is 5.83. The van der Waals surface area contributed by atoms with Crippen LogP contribution in [0.25, 0.3) is 0 Å². The van der Waals surface area contributed by atoms with Crippen LogP contribution in [-0.2, 0) is 11.2 Å². The Morgan fingerprint density at radius 2 is 1.67 bits per heavy atom. The van der Waals surface area contributed by atoms with E-state index in [2.05, 4.69) is 24.4 Å². The summed E-state index contributed by atoms with van der Waals surface area (Å²) in [6.07, 6.45) is 0.959. The molecule has 0 aliphatic carbocycles. The molecule has 0 radical (unpaired) electrons. The second-order valence-corrected chi connectivity index (χ2v) is 5.20. The van der Waals surface area contributed by atoms with Crippen LogP contribution in [0, 0.1) is 5.92 Å². The maximum Gasteiger partial charge on any atom is 0.257 e. The lowest BCUT2D eigenvalue weighted by molar-refractivity contribution is -0.123. The van der Waals surface area contributed by atoms with Crippen molar-refractivity contribution in [3.8, 4) is 5.75 Å². The van der Waals surface area contributed by atoms with E-state index in [1.54, 1.807) is 0 Å². The van der Waals surface area contributed by atoms with E-state index in [1.807, 2.05) is 48.5 Å². The molecule has 0 spiro atoms. The van der Waals surface area contributed by atoms with E-state index in [0.717, 1.165) is 6.42 Å². The molecule has 1 atom stereocenters. The van der Waals surface area contributed by atoms with Crippen molar-refractivity contribution in [1.29, 1.82) is 0 Å². The highest BCUT2D eigenvalue weighted by molar-refractivity contribution is 5.77. The molecule has 3 nitrogen and oxygen atoms in total. The number of nitrogens with one attached hydrogen (secondary N) is 1. The first-order valence-electron chi connectivity index (χ1n) is 7.22. The van der Waals surface area contributed by atoms with Crippen LogP contribution in [0.3, 0.4) is 0 Å². The molecular formula is C18H21NO2. The minimum absolute atomic E-state index is 0.0576. The largest absolute Gasteiger partial charge is 0.484 e. The number of carbonyl (C=O) groups is 1. The van der Waals surface area contributed by atoms with Crippen molar-refractivity contribution in [2.45, 2.75) is 13.3 Å². The van der Waals surface area contributed by atoms with Gasteiger partial charge in [-0.15, -0.1) is 0 Å². The van der Waals surface area contributed by atoms with Gasteiger partial charge in [0, 0.05) is 6.54 Å². The summed E-state index contributed by atoms with van der Waals surface area (Å²) < 4.78 is 5.41. The molecule has 0 aliphatic rings. The molecule has 0 heterocycles. The fourth-order valence-electron chi connectivity index (χ4n) is 2.09. The quantitative estimate of drug-likeness (QED) is 0.848. The molecule has 0 saturated carbocycles. The summed E-state index contributed by atoms with van der Waals surface area (Å²) in [5.74, 6) is 1.02. The zero-order chi connectivity index (χ0) is 14.9. The number of rotatable bonds is 7. The zero-order valence-electron chi connectivity index (χ0n) is 12.3. The van der Waals surface area contributed by atoms with Gasteiger partial charge in [-0.05, 0) is 30.0 Å². The van der Waals surface area contributed by atoms with Gasteiger partial charge in [0.2, 0.25) is 0 Å². The van der Waals surface area contributed by atoms with Gasteiger partial charge in [0.25, 0.3) is 5.91 Å². The van der Waals surface area contributed by atoms with Gasteiger partial charge in [-0.1, -0.05) is 55.5 Å². The predicted octanol–water partition coefficient (Wildman–Crippen LogP) is 3.06. The average Bonchev–Trinajstić information content (AvgIpc) is 2.53. The summed E-state index contributed by atoms with van der Waals surface area (Å²) in [4.78, 5) is 11.7. The summed E-state index contributed by atoms with van der Waals surface area (Å²) in [7, 11) is 0. The van der Waals surface area contributed by atoms with E-state index < -0.39 is 0 Å². The molecular weight excluding hydrogens is 262 g/mol. The monoisotopic (exact) mass is 283 g/mol. The van der Waals surface area contributed by atoms with E-state index in [4.69, 9.17) is 4.74 Å². The smallest absolute Gasteiger partial charge is 0.257 e. The summed E-state index contributed by atoms with van der Waals surface area (Å²) in [5, 5.41) is 2.91. The standard InChI is InChI=1S/C18H21NO2/c1-15(12-16-8-4-2-5-9-16)13-19-18(20)14-21-17-10-6-3-7-11-17/h2-11,15H,12-14H2,1H3,(H,19,20).